The molecule has 1 saturated carbocycles. The van der Waals surface area contributed by atoms with Crippen molar-refractivity contribution >= 4 is 11.4 Å². The number of nitrogen functional groups attached to an aromatic ring is 1. The molecule has 2 unspecified atom stereocenters. The monoisotopic (exact) mass is 231 g/mol. The Bertz CT molecular complexity index is 476. The van der Waals surface area contributed by atoms with Gasteiger partial charge in [0.2, 0.25) is 0 Å². The number of nitrogens with zero attached hydrogens (tertiary/aromatic N) is 1. The largest absolute Gasteiger partial charge is 0.396 e. The Balaban J connectivity index is 2.19. The summed E-state index contributed by atoms with van der Waals surface area (Å²) < 4.78 is 0. The van der Waals surface area contributed by atoms with Crippen molar-refractivity contribution in [3.63, 3.8) is 0 Å². The molecule has 0 aromatic heterocycles. The van der Waals surface area contributed by atoms with Crippen molar-refractivity contribution in [3.05, 3.63) is 23.8 Å². The van der Waals surface area contributed by atoms with E-state index in [2.05, 4.69) is 11.4 Å². The summed E-state index contributed by atoms with van der Waals surface area (Å²) >= 11 is 0. The molecule has 0 bridgehead atoms. The molecule has 0 amide bonds. The van der Waals surface area contributed by atoms with Gasteiger partial charge in [-0.25, -0.2) is 0 Å². The summed E-state index contributed by atoms with van der Waals surface area (Å²) in [6.07, 6.45) is 0.434. The number of benzene rings is 1. The number of para-hydroxylation sites is 1. The van der Waals surface area contributed by atoms with E-state index in [0.29, 0.717) is 17.7 Å². The van der Waals surface area contributed by atoms with Crippen LogP contribution in [0.15, 0.2) is 18.2 Å². The summed E-state index contributed by atoms with van der Waals surface area (Å²) in [5.74, 6) is 0. The smallest absolute Gasteiger partial charge is 0.101 e. The zero-order valence-electron chi connectivity index (χ0n) is 10.1. The molecule has 2 atom stereocenters. The summed E-state index contributed by atoms with van der Waals surface area (Å²) in [6.45, 7) is 4.03. The SMILES string of the molecule is CC1(C)C(O)CC1Nc1cccc(C#N)c1N. The van der Waals surface area contributed by atoms with Crippen LogP contribution >= 0.6 is 0 Å². The first-order valence-corrected chi connectivity index (χ1v) is 5.70. The second-order valence-electron chi connectivity index (χ2n) is 5.15. The van der Waals surface area contributed by atoms with Crippen molar-refractivity contribution in [2.45, 2.75) is 32.4 Å². The predicted octanol–water partition coefficient (Wildman–Crippen LogP) is 1.71. The van der Waals surface area contributed by atoms with Crippen LogP contribution in [0.1, 0.15) is 25.8 Å². The maximum absolute atomic E-state index is 9.67. The van der Waals surface area contributed by atoms with Crippen LogP contribution in [0, 0.1) is 16.7 Å². The van der Waals surface area contributed by atoms with E-state index in [0.717, 1.165) is 5.69 Å². The number of hydrogen-bond donors (Lipinski definition) is 3. The molecule has 4 nitrogen and oxygen atoms in total. The Morgan fingerprint density at radius 3 is 2.76 bits per heavy atom. The maximum Gasteiger partial charge on any atom is 0.101 e. The highest BCUT2D eigenvalue weighted by atomic mass is 16.3. The molecule has 1 aliphatic carbocycles. The van der Waals surface area contributed by atoms with Gasteiger partial charge in [-0.3, -0.25) is 0 Å². The van der Waals surface area contributed by atoms with E-state index in [1.54, 1.807) is 12.1 Å². The Morgan fingerprint density at radius 1 is 1.53 bits per heavy atom. The normalized spacial score (nSPS) is 25.8. The molecule has 4 heteroatoms. The van der Waals surface area contributed by atoms with Crippen molar-refractivity contribution in [2.24, 2.45) is 5.41 Å². The minimum atomic E-state index is -0.277. The van der Waals surface area contributed by atoms with Crippen molar-refractivity contribution in [3.8, 4) is 6.07 Å². The number of nitrogens with two attached hydrogens (primary N) is 1. The van der Waals surface area contributed by atoms with Crippen LogP contribution in [0.3, 0.4) is 0 Å². The van der Waals surface area contributed by atoms with E-state index in [1.165, 1.54) is 0 Å². The van der Waals surface area contributed by atoms with E-state index in [4.69, 9.17) is 11.0 Å². The fraction of sp³-hybridized carbons (Fsp3) is 0.462. The number of nitriles is 1. The molecule has 0 spiro atoms. The van der Waals surface area contributed by atoms with E-state index in [-0.39, 0.29) is 17.6 Å². The fourth-order valence-corrected chi connectivity index (χ4v) is 2.12. The van der Waals surface area contributed by atoms with Gasteiger partial charge in [0.05, 0.1) is 23.0 Å². The molecular weight excluding hydrogens is 214 g/mol. The molecule has 90 valence electrons. The van der Waals surface area contributed by atoms with Gasteiger partial charge in [0.15, 0.2) is 0 Å². The molecule has 1 aromatic rings. The highest BCUT2D eigenvalue weighted by Crippen LogP contribution is 2.42. The third kappa shape index (κ3) is 1.83. The number of rotatable bonds is 2. The van der Waals surface area contributed by atoms with E-state index < -0.39 is 0 Å². The topological polar surface area (TPSA) is 82.1 Å². The van der Waals surface area contributed by atoms with Gasteiger partial charge in [0.25, 0.3) is 0 Å². The second-order valence-corrected chi connectivity index (χ2v) is 5.15. The molecular formula is C13H17N3O. The summed E-state index contributed by atoms with van der Waals surface area (Å²) in [5.41, 5.74) is 7.47. The number of aliphatic hydroxyl groups excluding tert-OH is 1. The molecule has 1 aliphatic rings. The molecule has 1 fully saturated rings. The Kier molecular flexibility index (Phi) is 2.72. The van der Waals surface area contributed by atoms with E-state index in [1.807, 2.05) is 19.9 Å². The standard InChI is InChI=1S/C13H17N3O/c1-13(2)10(6-11(13)17)16-9-5-3-4-8(7-14)12(9)15/h3-5,10-11,16-17H,6,15H2,1-2H3. The fourth-order valence-electron chi connectivity index (χ4n) is 2.12. The van der Waals surface area contributed by atoms with Crippen molar-refractivity contribution in [1.82, 2.24) is 0 Å². The zero-order chi connectivity index (χ0) is 12.6. The number of aliphatic hydroxyl groups is 1. The predicted molar refractivity (Wildman–Crippen MR) is 67.4 cm³/mol. The van der Waals surface area contributed by atoms with Gasteiger partial charge in [-0.1, -0.05) is 19.9 Å². The number of anilines is 2. The van der Waals surface area contributed by atoms with Crippen molar-refractivity contribution in [2.75, 3.05) is 11.1 Å². The lowest BCUT2D eigenvalue weighted by Gasteiger charge is -2.50. The third-order valence-electron chi connectivity index (χ3n) is 3.77. The summed E-state index contributed by atoms with van der Waals surface area (Å²) in [7, 11) is 0. The van der Waals surface area contributed by atoms with Gasteiger partial charge in [0.1, 0.15) is 6.07 Å². The Labute approximate surface area is 101 Å². The molecule has 4 N–H and O–H groups in total. The van der Waals surface area contributed by atoms with Crippen LogP contribution in [0.25, 0.3) is 0 Å². The summed E-state index contributed by atoms with van der Waals surface area (Å²) in [6, 6.07) is 7.61. The minimum Gasteiger partial charge on any atom is -0.396 e. The van der Waals surface area contributed by atoms with Crippen LogP contribution in [0.5, 0.6) is 0 Å². The second kappa shape index (κ2) is 3.94. The van der Waals surface area contributed by atoms with E-state index in [9.17, 15) is 5.11 Å². The average Bonchev–Trinajstić information content (AvgIpc) is 2.31. The van der Waals surface area contributed by atoms with Crippen LogP contribution < -0.4 is 11.1 Å². The quantitative estimate of drug-likeness (QED) is 0.677. The molecule has 0 heterocycles. The molecule has 1 aromatic carbocycles. The first-order chi connectivity index (χ1) is 7.96. The lowest BCUT2D eigenvalue weighted by Crippen LogP contribution is -2.56. The van der Waals surface area contributed by atoms with Gasteiger partial charge in [0, 0.05) is 11.5 Å². The Morgan fingerprint density at radius 2 is 2.24 bits per heavy atom. The van der Waals surface area contributed by atoms with Gasteiger partial charge < -0.3 is 16.2 Å². The van der Waals surface area contributed by atoms with Gasteiger partial charge in [-0.05, 0) is 18.6 Å². The van der Waals surface area contributed by atoms with Gasteiger partial charge in [-0.2, -0.15) is 5.26 Å². The lowest BCUT2D eigenvalue weighted by molar-refractivity contribution is -0.0510. The van der Waals surface area contributed by atoms with Crippen molar-refractivity contribution < 1.29 is 5.11 Å². The minimum absolute atomic E-state index is 0.158. The van der Waals surface area contributed by atoms with Crippen LogP contribution in [0.2, 0.25) is 0 Å². The van der Waals surface area contributed by atoms with Gasteiger partial charge in [-0.15, -0.1) is 0 Å². The van der Waals surface area contributed by atoms with Crippen LogP contribution in [-0.2, 0) is 0 Å². The highest BCUT2D eigenvalue weighted by Gasteiger charge is 2.47. The summed E-state index contributed by atoms with van der Waals surface area (Å²) in [5, 5.41) is 21.9. The lowest BCUT2D eigenvalue weighted by atomic mass is 9.64. The van der Waals surface area contributed by atoms with Crippen molar-refractivity contribution in [1.29, 1.82) is 5.26 Å². The average molecular weight is 231 g/mol. The zero-order valence-corrected chi connectivity index (χ0v) is 10.1. The highest BCUT2D eigenvalue weighted by molar-refractivity contribution is 5.73. The van der Waals surface area contributed by atoms with Crippen LogP contribution in [0.4, 0.5) is 11.4 Å². The van der Waals surface area contributed by atoms with E-state index >= 15 is 0 Å². The molecule has 0 saturated heterocycles. The Hall–Kier alpha value is -1.73. The first-order valence-electron chi connectivity index (χ1n) is 5.70. The third-order valence-corrected chi connectivity index (χ3v) is 3.77. The molecule has 0 radical (unpaired) electrons. The summed E-state index contributed by atoms with van der Waals surface area (Å²) in [4.78, 5) is 0. The maximum atomic E-state index is 9.67. The van der Waals surface area contributed by atoms with Gasteiger partial charge >= 0.3 is 0 Å². The first kappa shape index (κ1) is 11.7. The number of hydrogen-bond acceptors (Lipinski definition) is 4. The number of nitrogens with one attached hydrogen (secondary N) is 1. The molecule has 17 heavy (non-hydrogen) atoms. The molecule has 2 rings (SSSR count). The van der Waals surface area contributed by atoms with Crippen LogP contribution in [-0.4, -0.2) is 17.3 Å². The molecule has 0 aliphatic heterocycles.